The molecule has 0 aliphatic carbocycles. The number of hydrogen-bond acceptors (Lipinski definition) is 4. The van der Waals surface area contributed by atoms with Crippen molar-refractivity contribution in [1.29, 1.82) is 0 Å². The fourth-order valence-corrected chi connectivity index (χ4v) is 4.97. The van der Waals surface area contributed by atoms with Crippen LogP contribution >= 0.6 is 23.5 Å². The minimum absolute atomic E-state index is 0.101. The predicted octanol–water partition coefficient (Wildman–Crippen LogP) is 3.51. The number of hydrogen-bond donors (Lipinski definition) is 0. The van der Waals surface area contributed by atoms with E-state index in [0.29, 0.717) is 0 Å². The molecule has 0 aromatic carbocycles. The highest BCUT2D eigenvalue weighted by Crippen LogP contribution is 2.35. The van der Waals surface area contributed by atoms with Crippen LogP contribution in [-0.2, 0) is 9.47 Å². The molecule has 94 valence electrons. The first-order valence-corrected chi connectivity index (χ1v) is 8.51. The second kappa shape index (κ2) is 7.85. The molecule has 0 N–H and O–H groups in total. The molecule has 0 aromatic rings. The van der Waals surface area contributed by atoms with E-state index in [-0.39, 0.29) is 6.29 Å². The van der Waals surface area contributed by atoms with Crippen molar-refractivity contribution in [2.24, 2.45) is 0 Å². The van der Waals surface area contributed by atoms with Gasteiger partial charge in [0, 0.05) is 24.7 Å². The molecule has 2 heterocycles. The minimum atomic E-state index is 0.101. The predicted molar refractivity (Wildman–Crippen MR) is 72.1 cm³/mol. The zero-order valence-corrected chi connectivity index (χ0v) is 11.5. The molecule has 1 atom stereocenters. The topological polar surface area (TPSA) is 18.5 Å². The van der Waals surface area contributed by atoms with Gasteiger partial charge in [0.05, 0.1) is 4.58 Å². The number of ether oxygens (including phenoxy) is 2. The quantitative estimate of drug-likeness (QED) is 0.682. The van der Waals surface area contributed by atoms with Gasteiger partial charge in [-0.15, -0.1) is 23.5 Å². The fraction of sp³-hybridized carbons (Fsp3) is 1.00. The van der Waals surface area contributed by atoms with E-state index in [0.717, 1.165) is 24.2 Å². The second-order valence-corrected chi connectivity index (χ2v) is 7.25. The Kier molecular flexibility index (Phi) is 6.41. The SMILES string of the molecule is C1CCC(OCCCCC2SCCS2)OC1. The Morgan fingerprint density at radius 3 is 2.75 bits per heavy atom. The first kappa shape index (κ1) is 13.1. The van der Waals surface area contributed by atoms with Crippen molar-refractivity contribution in [2.45, 2.75) is 49.4 Å². The van der Waals surface area contributed by atoms with Crippen LogP contribution in [0.5, 0.6) is 0 Å². The highest BCUT2D eigenvalue weighted by atomic mass is 32.2. The Bertz CT molecular complexity index is 178. The summed E-state index contributed by atoms with van der Waals surface area (Å²) < 4.78 is 12.1. The normalized spacial score (nSPS) is 27.4. The Labute approximate surface area is 107 Å². The van der Waals surface area contributed by atoms with Gasteiger partial charge in [0.2, 0.25) is 0 Å². The van der Waals surface area contributed by atoms with Crippen molar-refractivity contribution in [1.82, 2.24) is 0 Å². The van der Waals surface area contributed by atoms with E-state index in [1.54, 1.807) is 0 Å². The van der Waals surface area contributed by atoms with E-state index < -0.39 is 0 Å². The Hall–Kier alpha value is 0.620. The van der Waals surface area contributed by atoms with Gasteiger partial charge in [-0.2, -0.15) is 0 Å². The van der Waals surface area contributed by atoms with Crippen LogP contribution in [0.25, 0.3) is 0 Å². The molecule has 0 bridgehead atoms. The van der Waals surface area contributed by atoms with Crippen molar-refractivity contribution in [3.8, 4) is 0 Å². The van der Waals surface area contributed by atoms with Crippen LogP contribution in [0.4, 0.5) is 0 Å². The molecule has 1 unspecified atom stereocenters. The standard InChI is InChI=1S/C12H22O2S2/c1-3-7-13-11(5-1)14-8-4-2-6-12-15-9-10-16-12/h11-12H,1-10H2. The van der Waals surface area contributed by atoms with E-state index in [9.17, 15) is 0 Å². The Morgan fingerprint density at radius 1 is 1.12 bits per heavy atom. The first-order valence-electron chi connectivity index (χ1n) is 6.41. The van der Waals surface area contributed by atoms with Crippen molar-refractivity contribution in [3.63, 3.8) is 0 Å². The smallest absolute Gasteiger partial charge is 0.157 e. The lowest BCUT2D eigenvalue weighted by Gasteiger charge is -2.22. The molecule has 2 rings (SSSR count). The van der Waals surface area contributed by atoms with Gasteiger partial charge < -0.3 is 9.47 Å². The average Bonchev–Trinajstić information content (AvgIpc) is 2.83. The molecular formula is C12H22O2S2. The summed E-state index contributed by atoms with van der Waals surface area (Å²) >= 11 is 4.25. The molecule has 2 aliphatic rings. The van der Waals surface area contributed by atoms with Gasteiger partial charge >= 0.3 is 0 Å². The number of unbranched alkanes of at least 4 members (excludes halogenated alkanes) is 1. The summed E-state index contributed by atoms with van der Waals surface area (Å²) in [6, 6.07) is 0. The van der Waals surface area contributed by atoms with Crippen LogP contribution in [0.3, 0.4) is 0 Å². The molecule has 2 nitrogen and oxygen atoms in total. The van der Waals surface area contributed by atoms with E-state index in [4.69, 9.17) is 9.47 Å². The molecule has 0 saturated carbocycles. The maximum absolute atomic E-state index is 5.71. The second-order valence-electron chi connectivity index (χ2n) is 4.33. The summed E-state index contributed by atoms with van der Waals surface area (Å²) in [6.07, 6.45) is 7.51. The first-order chi connectivity index (χ1) is 7.95. The molecule has 2 aliphatic heterocycles. The molecule has 2 saturated heterocycles. The summed E-state index contributed by atoms with van der Waals surface area (Å²) in [7, 11) is 0. The van der Waals surface area contributed by atoms with Crippen molar-refractivity contribution < 1.29 is 9.47 Å². The van der Waals surface area contributed by atoms with E-state index in [2.05, 4.69) is 23.5 Å². The largest absolute Gasteiger partial charge is 0.353 e. The van der Waals surface area contributed by atoms with Crippen LogP contribution < -0.4 is 0 Å². The minimum Gasteiger partial charge on any atom is -0.353 e. The van der Waals surface area contributed by atoms with Gasteiger partial charge in [0.25, 0.3) is 0 Å². The van der Waals surface area contributed by atoms with E-state index >= 15 is 0 Å². The molecule has 0 spiro atoms. The molecule has 0 aromatic heterocycles. The highest BCUT2D eigenvalue weighted by Gasteiger charge is 2.16. The summed E-state index contributed by atoms with van der Waals surface area (Å²) in [4.78, 5) is 0. The number of thioether (sulfide) groups is 2. The van der Waals surface area contributed by atoms with Gasteiger partial charge in [-0.25, -0.2) is 0 Å². The Morgan fingerprint density at radius 2 is 2.00 bits per heavy atom. The molecule has 2 fully saturated rings. The van der Waals surface area contributed by atoms with Crippen LogP contribution in [-0.4, -0.2) is 35.6 Å². The van der Waals surface area contributed by atoms with Gasteiger partial charge in [-0.1, -0.05) is 0 Å². The third kappa shape index (κ3) is 4.86. The van der Waals surface area contributed by atoms with Crippen molar-refractivity contribution >= 4 is 23.5 Å². The fourth-order valence-electron chi connectivity index (χ4n) is 2.04. The highest BCUT2D eigenvalue weighted by molar-refractivity contribution is 8.20. The molecule has 0 amide bonds. The van der Waals surface area contributed by atoms with E-state index in [1.807, 2.05) is 0 Å². The van der Waals surface area contributed by atoms with Crippen LogP contribution in [0.2, 0.25) is 0 Å². The molecular weight excluding hydrogens is 240 g/mol. The van der Waals surface area contributed by atoms with E-state index in [1.165, 1.54) is 43.6 Å². The Balaban J connectivity index is 1.42. The molecule has 0 radical (unpaired) electrons. The van der Waals surface area contributed by atoms with Crippen molar-refractivity contribution in [2.75, 3.05) is 24.7 Å². The third-order valence-corrected chi connectivity index (χ3v) is 6.14. The zero-order valence-electron chi connectivity index (χ0n) is 9.86. The zero-order chi connectivity index (χ0) is 11.1. The molecule has 16 heavy (non-hydrogen) atoms. The number of rotatable bonds is 6. The van der Waals surface area contributed by atoms with Gasteiger partial charge in [0.15, 0.2) is 6.29 Å². The third-order valence-electron chi connectivity index (χ3n) is 2.97. The lowest BCUT2D eigenvalue weighted by molar-refractivity contribution is -0.162. The van der Waals surface area contributed by atoms with Crippen LogP contribution in [0.1, 0.15) is 38.5 Å². The lowest BCUT2D eigenvalue weighted by Crippen LogP contribution is -2.22. The molecule has 4 heteroatoms. The van der Waals surface area contributed by atoms with Crippen molar-refractivity contribution in [3.05, 3.63) is 0 Å². The summed E-state index contributed by atoms with van der Waals surface area (Å²) in [5.41, 5.74) is 0. The summed E-state index contributed by atoms with van der Waals surface area (Å²) in [5.74, 6) is 2.70. The maximum atomic E-state index is 5.71. The summed E-state index contributed by atoms with van der Waals surface area (Å²) in [5, 5.41) is 0. The maximum Gasteiger partial charge on any atom is 0.157 e. The average molecular weight is 262 g/mol. The van der Waals surface area contributed by atoms with Crippen LogP contribution in [0.15, 0.2) is 0 Å². The lowest BCUT2D eigenvalue weighted by atomic mass is 10.2. The monoisotopic (exact) mass is 262 g/mol. The van der Waals surface area contributed by atoms with Gasteiger partial charge in [0.1, 0.15) is 0 Å². The van der Waals surface area contributed by atoms with Gasteiger partial charge in [-0.05, 0) is 38.5 Å². The van der Waals surface area contributed by atoms with Gasteiger partial charge in [-0.3, -0.25) is 0 Å². The summed E-state index contributed by atoms with van der Waals surface area (Å²) in [6.45, 7) is 1.77. The van der Waals surface area contributed by atoms with Crippen LogP contribution in [0, 0.1) is 0 Å².